The number of hydrogen-bond acceptors (Lipinski definition) is 9. The van der Waals surface area contributed by atoms with Gasteiger partial charge < -0.3 is 29.9 Å². The Balaban J connectivity index is 1.55. The molecule has 1 aliphatic rings. The summed E-state index contributed by atoms with van der Waals surface area (Å²) in [5.41, 5.74) is 9.90. The van der Waals surface area contributed by atoms with Crippen molar-refractivity contribution in [2.45, 2.75) is 229 Å². The van der Waals surface area contributed by atoms with Gasteiger partial charge in [0.25, 0.3) is 0 Å². The molecule has 0 unspecified atom stereocenters. The van der Waals surface area contributed by atoms with Crippen molar-refractivity contribution in [1.82, 2.24) is 15.0 Å². The van der Waals surface area contributed by atoms with Crippen molar-refractivity contribution in [3.8, 4) is 34.4 Å². The number of aromatic nitrogens is 3. The Labute approximate surface area is 463 Å². The largest absolute Gasteiger partial charge is 0.507 e. The summed E-state index contributed by atoms with van der Waals surface area (Å²) < 4.78 is 6.49. The fourth-order valence-corrected chi connectivity index (χ4v) is 10.6. The summed E-state index contributed by atoms with van der Waals surface area (Å²) >= 11 is 0. The zero-order valence-electron chi connectivity index (χ0n) is 51.3. The Morgan fingerprint density at radius 2 is 0.662 bits per heavy atom. The first kappa shape index (κ1) is 58.6. The third-order valence-electron chi connectivity index (χ3n) is 15.0. The highest BCUT2D eigenvalue weighted by Crippen LogP contribution is 2.51. The Morgan fingerprint density at radius 1 is 0.390 bits per heavy atom. The number of benzene rings is 5. The lowest BCUT2D eigenvalue weighted by Crippen LogP contribution is -2.38. The molecule has 0 bridgehead atoms. The number of anilines is 2. The van der Waals surface area contributed by atoms with Gasteiger partial charge in [0, 0.05) is 42.9 Å². The van der Waals surface area contributed by atoms with Gasteiger partial charge in [0.05, 0.1) is 0 Å². The average Bonchev–Trinajstić information content (AvgIpc) is 3.27. The minimum Gasteiger partial charge on any atom is -0.507 e. The van der Waals surface area contributed by atoms with Crippen molar-refractivity contribution >= 4 is 11.9 Å². The topological polar surface area (TPSA) is 115 Å². The van der Waals surface area contributed by atoms with Crippen LogP contribution in [0.15, 0.2) is 78.9 Å². The third kappa shape index (κ3) is 12.8. The third-order valence-corrected chi connectivity index (χ3v) is 15.0. The summed E-state index contributed by atoms with van der Waals surface area (Å²) in [6.07, 6.45) is 0. The Bertz CT molecular complexity index is 2970. The van der Waals surface area contributed by atoms with Crippen LogP contribution in [0, 0.1) is 0 Å². The van der Waals surface area contributed by atoms with Gasteiger partial charge in [-0.15, -0.1) is 0 Å². The lowest BCUT2D eigenvalue weighted by molar-refractivity contribution is 0.0483. The second-order valence-electron chi connectivity index (χ2n) is 29.8. The smallest absolute Gasteiger partial charge is 0.231 e. The average molecular weight is 1040 g/mol. The fraction of sp³-hybridized carbons (Fsp3) is 0.515. The second kappa shape index (κ2) is 20.0. The zero-order chi connectivity index (χ0) is 57.6. The molecule has 0 aliphatic carbocycles. The predicted molar refractivity (Wildman–Crippen MR) is 320 cm³/mol. The van der Waals surface area contributed by atoms with Crippen LogP contribution >= 0.6 is 0 Å². The molecule has 9 heteroatoms. The number of fused-ring (bicyclic) bond motifs is 1. The molecule has 0 saturated carbocycles. The van der Waals surface area contributed by atoms with E-state index in [1.54, 1.807) is 0 Å². The highest BCUT2D eigenvalue weighted by atomic mass is 16.5. The highest BCUT2D eigenvalue weighted by molar-refractivity contribution is 5.61. The zero-order valence-corrected chi connectivity index (χ0v) is 51.3. The number of phenols is 3. The summed E-state index contributed by atoms with van der Waals surface area (Å²) in [4.78, 5) is 21.0. The Hall–Kier alpha value is -6.09. The molecule has 3 N–H and O–H groups in total. The molecule has 77 heavy (non-hydrogen) atoms. The number of ether oxygens (including phenoxy) is 1. The predicted octanol–water partition coefficient (Wildman–Crippen LogP) is 16.8. The van der Waals surface area contributed by atoms with Crippen molar-refractivity contribution < 1.29 is 20.1 Å². The van der Waals surface area contributed by atoms with E-state index < -0.39 is 5.60 Å². The summed E-state index contributed by atoms with van der Waals surface area (Å²) in [7, 11) is 0. The van der Waals surface area contributed by atoms with E-state index in [4.69, 9.17) is 19.7 Å². The molecular formula is C68H93N5O4. The molecule has 0 fully saturated rings. The lowest BCUT2D eigenvalue weighted by atomic mass is 9.78. The molecule has 0 spiro atoms. The molecule has 2 heterocycles. The normalized spacial score (nSPS) is 14.2. The van der Waals surface area contributed by atoms with Gasteiger partial charge in [0.2, 0.25) is 11.9 Å². The van der Waals surface area contributed by atoms with Crippen LogP contribution < -0.4 is 14.5 Å². The number of aromatic hydroxyl groups is 3. The molecule has 0 atom stereocenters. The molecule has 1 aromatic heterocycles. The number of rotatable bonds is 11. The quantitative estimate of drug-likeness (QED) is 0.117. The van der Waals surface area contributed by atoms with E-state index in [0.717, 1.165) is 72.5 Å². The summed E-state index contributed by atoms with van der Waals surface area (Å²) in [6, 6.07) is 27.6. The van der Waals surface area contributed by atoms with E-state index in [0.29, 0.717) is 61.1 Å². The van der Waals surface area contributed by atoms with Crippen molar-refractivity contribution in [2.24, 2.45) is 0 Å². The Kier molecular flexibility index (Phi) is 15.2. The molecule has 0 amide bonds. The van der Waals surface area contributed by atoms with E-state index in [1.165, 1.54) is 5.56 Å². The summed E-state index contributed by atoms with van der Waals surface area (Å²) in [5.74, 6) is 3.47. The van der Waals surface area contributed by atoms with Gasteiger partial charge in [0.1, 0.15) is 28.6 Å². The van der Waals surface area contributed by atoms with Crippen LogP contribution in [-0.4, -0.2) is 30.3 Å². The van der Waals surface area contributed by atoms with Crippen LogP contribution in [0.25, 0.3) is 11.4 Å². The van der Waals surface area contributed by atoms with Gasteiger partial charge in [-0.05, 0) is 156 Å². The molecule has 1 aliphatic heterocycles. The maximum atomic E-state index is 12.0. The maximum Gasteiger partial charge on any atom is 0.231 e. The van der Waals surface area contributed by atoms with Crippen LogP contribution in [0.3, 0.4) is 0 Å². The fourth-order valence-electron chi connectivity index (χ4n) is 10.6. The van der Waals surface area contributed by atoms with E-state index in [1.807, 2.05) is 30.3 Å². The van der Waals surface area contributed by atoms with Crippen molar-refractivity contribution in [1.29, 1.82) is 0 Å². The van der Waals surface area contributed by atoms with Gasteiger partial charge in [0.15, 0.2) is 5.82 Å². The summed E-state index contributed by atoms with van der Waals surface area (Å²) in [6.45, 7) is 51.4. The summed E-state index contributed by atoms with van der Waals surface area (Å²) in [5, 5.41) is 35.9. The lowest BCUT2D eigenvalue weighted by Gasteiger charge is -2.43. The van der Waals surface area contributed by atoms with Crippen LogP contribution in [0.1, 0.15) is 226 Å². The van der Waals surface area contributed by atoms with E-state index in [9.17, 15) is 15.3 Å². The van der Waals surface area contributed by atoms with Crippen molar-refractivity contribution in [2.75, 3.05) is 9.80 Å². The standard InChI is InChI=1S/C68H93N5O4/c1-61(2,3)46-29-41(30-47(54(46)74)62(4,5)6)37-72(38-42-31-48(63(7,8)9)55(75)49(32-42)64(10,11)12)59-69-58(45-27-25-24-26-28-45)70-60(71-59)73(39-43-33-50(65(13,14)15)56(76)51(34-43)66(16,17)18)40-44-35-52(67(19,20)21)57-53(36-44)68(22,23)77-57/h24-36,74-76H,37-40H2,1-23H3. The number of nitrogens with zero attached hydrogens (tertiary/aromatic N) is 5. The minimum atomic E-state index is -0.445. The molecule has 5 aromatic carbocycles. The van der Waals surface area contributed by atoms with Crippen molar-refractivity contribution in [3.63, 3.8) is 0 Å². The van der Waals surface area contributed by atoms with Crippen LogP contribution in [0.4, 0.5) is 11.9 Å². The van der Waals surface area contributed by atoms with Gasteiger partial charge in [-0.3, -0.25) is 0 Å². The van der Waals surface area contributed by atoms with E-state index in [-0.39, 0.29) is 37.9 Å². The van der Waals surface area contributed by atoms with E-state index >= 15 is 0 Å². The number of hydrogen-bond donors (Lipinski definition) is 3. The van der Waals surface area contributed by atoms with E-state index in [2.05, 4.69) is 218 Å². The molecule has 9 nitrogen and oxygen atoms in total. The van der Waals surface area contributed by atoms with Crippen molar-refractivity contribution in [3.05, 3.63) is 146 Å². The SMILES string of the molecule is CC(C)(C)c1cc(CN(Cc2cc(C(C)(C)C)c(O)c(C(C)(C)C)c2)c2nc(-c3ccccc3)nc(N(Cc3cc(C(C)(C)C)c(O)c(C(C)(C)C)c3)Cc3cc(C(C)(C)C)c4c(c3)C(C)(C)O4)n2)cc(C(C)(C)C)c1O. The molecule has 6 aromatic rings. The molecule has 414 valence electrons. The first-order chi connectivity index (χ1) is 35.0. The first-order valence-electron chi connectivity index (χ1n) is 27.8. The van der Waals surface area contributed by atoms with Gasteiger partial charge in [-0.1, -0.05) is 176 Å². The van der Waals surface area contributed by atoms with Gasteiger partial charge in [-0.2, -0.15) is 15.0 Å². The van der Waals surface area contributed by atoms with Gasteiger partial charge in [-0.25, -0.2) is 0 Å². The highest BCUT2D eigenvalue weighted by Gasteiger charge is 2.41. The second-order valence-corrected chi connectivity index (χ2v) is 29.8. The molecule has 0 radical (unpaired) electrons. The van der Waals surface area contributed by atoms with Crippen LogP contribution in [-0.2, 0) is 69.7 Å². The first-order valence-corrected chi connectivity index (χ1v) is 27.8. The van der Waals surface area contributed by atoms with Gasteiger partial charge >= 0.3 is 0 Å². The van der Waals surface area contributed by atoms with Crippen LogP contribution in [0.5, 0.6) is 23.0 Å². The minimum absolute atomic E-state index is 0.190. The maximum absolute atomic E-state index is 12.0. The monoisotopic (exact) mass is 1040 g/mol. The Morgan fingerprint density at radius 3 is 0.935 bits per heavy atom. The molecular weight excluding hydrogens is 951 g/mol. The molecule has 7 rings (SSSR count). The number of phenolic OH excluding ortho intramolecular Hbond substituents is 3. The molecule has 0 saturated heterocycles. The van der Waals surface area contributed by atoms with Crippen LogP contribution in [0.2, 0.25) is 0 Å².